The van der Waals surface area contributed by atoms with Crippen LogP contribution in [-0.4, -0.2) is 33.3 Å². The van der Waals surface area contributed by atoms with E-state index in [2.05, 4.69) is 5.32 Å². The number of carbonyl (C=O) groups excluding carboxylic acids is 1. The van der Waals surface area contributed by atoms with Crippen LogP contribution in [0, 0.1) is 0 Å². The summed E-state index contributed by atoms with van der Waals surface area (Å²) in [6.07, 6.45) is 0.667. The molecule has 0 atom stereocenters. The molecule has 0 unspecified atom stereocenters. The van der Waals surface area contributed by atoms with E-state index >= 15 is 0 Å². The van der Waals surface area contributed by atoms with Crippen LogP contribution in [-0.2, 0) is 21.1 Å². The standard InChI is InChI=1S/C19H21NO5S/c1-2-14-5-3-4-6-16(14)20-19(21)9-12-26(22,23)15-7-8-17-18(13-15)25-11-10-24-17/h3-8,13H,2,9-12H2,1H3,(H,20,21). The summed E-state index contributed by atoms with van der Waals surface area (Å²) in [6, 6.07) is 12.0. The third-order valence-corrected chi connectivity index (χ3v) is 5.86. The summed E-state index contributed by atoms with van der Waals surface area (Å²) < 4.78 is 35.9. The van der Waals surface area contributed by atoms with Gasteiger partial charge in [-0.15, -0.1) is 0 Å². The van der Waals surface area contributed by atoms with Gasteiger partial charge in [0.15, 0.2) is 21.3 Å². The molecule has 0 radical (unpaired) electrons. The number of carbonyl (C=O) groups is 1. The van der Waals surface area contributed by atoms with E-state index in [1.54, 1.807) is 6.07 Å². The Morgan fingerprint density at radius 2 is 1.81 bits per heavy atom. The molecule has 1 aliphatic rings. The summed E-state index contributed by atoms with van der Waals surface area (Å²) in [4.78, 5) is 12.3. The molecule has 1 aliphatic heterocycles. The summed E-state index contributed by atoms with van der Waals surface area (Å²) in [7, 11) is -3.59. The first-order valence-electron chi connectivity index (χ1n) is 8.50. The highest BCUT2D eigenvalue weighted by Crippen LogP contribution is 2.32. The van der Waals surface area contributed by atoms with E-state index in [4.69, 9.17) is 9.47 Å². The molecule has 0 aliphatic carbocycles. The number of fused-ring (bicyclic) bond motifs is 1. The minimum absolute atomic E-state index is 0.116. The van der Waals surface area contributed by atoms with E-state index in [9.17, 15) is 13.2 Å². The maximum Gasteiger partial charge on any atom is 0.225 e. The van der Waals surface area contributed by atoms with E-state index in [-0.39, 0.29) is 23.0 Å². The van der Waals surface area contributed by atoms with Crippen molar-refractivity contribution in [3.05, 3.63) is 48.0 Å². The lowest BCUT2D eigenvalue weighted by molar-refractivity contribution is -0.115. The Morgan fingerprint density at radius 1 is 1.08 bits per heavy atom. The second-order valence-corrected chi connectivity index (χ2v) is 8.04. The zero-order valence-corrected chi connectivity index (χ0v) is 15.3. The Bertz CT molecular complexity index is 908. The lowest BCUT2D eigenvalue weighted by atomic mass is 10.1. The maximum absolute atomic E-state index is 12.5. The highest BCUT2D eigenvalue weighted by molar-refractivity contribution is 7.91. The molecule has 0 spiro atoms. The van der Waals surface area contributed by atoms with E-state index < -0.39 is 9.84 Å². The molecule has 7 heteroatoms. The molecule has 1 N–H and O–H groups in total. The van der Waals surface area contributed by atoms with Gasteiger partial charge in [0.2, 0.25) is 5.91 Å². The molecule has 0 aromatic heterocycles. The Kier molecular flexibility index (Phi) is 5.46. The van der Waals surface area contributed by atoms with Crippen LogP contribution in [0.15, 0.2) is 47.4 Å². The Hall–Kier alpha value is -2.54. The predicted octanol–water partition coefficient (Wildman–Crippen LogP) is 2.82. The molecule has 0 saturated heterocycles. The number of ether oxygens (including phenoxy) is 2. The molecule has 1 heterocycles. The number of anilines is 1. The maximum atomic E-state index is 12.5. The summed E-state index contributed by atoms with van der Waals surface area (Å²) in [5, 5.41) is 2.79. The average molecular weight is 375 g/mol. The van der Waals surface area contributed by atoms with Gasteiger partial charge >= 0.3 is 0 Å². The average Bonchev–Trinajstić information content (AvgIpc) is 2.66. The van der Waals surface area contributed by atoms with Crippen LogP contribution in [0.25, 0.3) is 0 Å². The van der Waals surface area contributed by atoms with Crippen molar-refractivity contribution >= 4 is 21.4 Å². The zero-order chi connectivity index (χ0) is 18.6. The number of aryl methyl sites for hydroxylation is 1. The number of nitrogens with one attached hydrogen (secondary N) is 1. The van der Waals surface area contributed by atoms with Crippen LogP contribution in [0.3, 0.4) is 0 Å². The summed E-state index contributed by atoms with van der Waals surface area (Å²) in [6.45, 7) is 2.82. The molecule has 26 heavy (non-hydrogen) atoms. The highest BCUT2D eigenvalue weighted by atomic mass is 32.2. The third kappa shape index (κ3) is 4.16. The summed E-state index contributed by atoms with van der Waals surface area (Å²) in [5.74, 6) is 0.349. The van der Waals surface area contributed by atoms with Crippen molar-refractivity contribution in [1.82, 2.24) is 0 Å². The highest BCUT2D eigenvalue weighted by Gasteiger charge is 2.20. The lowest BCUT2D eigenvalue weighted by Gasteiger charge is -2.18. The van der Waals surface area contributed by atoms with Crippen molar-refractivity contribution in [3.63, 3.8) is 0 Å². The quantitative estimate of drug-likeness (QED) is 0.840. The van der Waals surface area contributed by atoms with Crippen LogP contribution in [0.4, 0.5) is 5.69 Å². The number of hydrogen-bond donors (Lipinski definition) is 1. The minimum atomic E-state index is -3.59. The number of rotatable bonds is 6. The fourth-order valence-electron chi connectivity index (χ4n) is 2.73. The van der Waals surface area contributed by atoms with E-state index in [1.807, 2.05) is 31.2 Å². The van der Waals surface area contributed by atoms with Crippen molar-refractivity contribution in [1.29, 1.82) is 0 Å². The van der Waals surface area contributed by atoms with Crippen molar-refractivity contribution in [2.75, 3.05) is 24.3 Å². The third-order valence-electron chi connectivity index (χ3n) is 4.14. The van der Waals surface area contributed by atoms with E-state index in [0.717, 1.165) is 17.7 Å². The molecule has 0 bridgehead atoms. The van der Waals surface area contributed by atoms with Crippen LogP contribution in [0.5, 0.6) is 11.5 Å². The van der Waals surface area contributed by atoms with Gasteiger partial charge in [0.05, 0.1) is 10.6 Å². The van der Waals surface area contributed by atoms with Gasteiger partial charge in [-0.05, 0) is 30.2 Å². The monoisotopic (exact) mass is 375 g/mol. The van der Waals surface area contributed by atoms with Crippen LogP contribution >= 0.6 is 0 Å². The molecular formula is C19H21NO5S. The van der Waals surface area contributed by atoms with Crippen LogP contribution < -0.4 is 14.8 Å². The number of amides is 1. The zero-order valence-electron chi connectivity index (χ0n) is 14.5. The van der Waals surface area contributed by atoms with Gasteiger partial charge in [0.1, 0.15) is 13.2 Å². The number of hydrogen-bond acceptors (Lipinski definition) is 5. The lowest BCUT2D eigenvalue weighted by Crippen LogP contribution is -2.19. The molecule has 2 aromatic carbocycles. The van der Waals surface area contributed by atoms with E-state index in [1.165, 1.54) is 12.1 Å². The number of para-hydroxylation sites is 1. The molecule has 0 saturated carbocycles. The van der Waals surface area contributed by atoms with Gasteiger partial charge < -0.3 is 14.8 Å². The molecule has 3 rings (SSSR count). The van der Waals surface area contributed by atoms with Gasteiger partial charge in [-0.3, -0.25) is 4.79 Å². The largest absolute Gasteiger partial charge is 0.486 e. The summed E-state index contributed by atoms with van der Waals surface area (Å²) in [5.41, 5.74) is 1.73. The second kappa shape index (κ2) is 7.78. The molecule has 6 nitrogen and oxygen atoms in total. The fraction of sp³-hybridized carbons (Fsp3) is 0.316. The van der Waals surface area contributed by atoms with Gasteiger partial charge in [-0.2, -0.15) is 0 Å². The van der Waals surface area contributed by atoms with Gasteiger partial charge in [-0.25, -0.2) is 8.42 Å². The normalized spacial score (nSPS) is 13.3. The second-order valence-electron chi connectivity index (χ2n) is 5.93. The van der Waals surface area contributed by atoms with Crippen molar-refractivity contribution in [3.8, 4) is 11.5 Å². The number of sulfone groups is 1. The van der Waals surface area contributed by atoms with Crippen LogP contribution in [0.1, 0.15) is 18.9 Å². The Labute approximate surface area is 153 Å². The predicted molar refractivity (Wildman–Crippen MR) is 98.6 cm³/mol. The fourth-order valence-corrected chi connectivity index (χ4v) is 3.98. The van der Waals surface area contributed by atoms with Crippen molar-refractivity contribution in [2.24, 2.45) is 0 Å². The van der Waals surface area contributed by atoms with Crippen molar-refractivity contribution < 1.29 is 22.7 Å². The molecule has 138 valence electrons. The molecular weight excluding hydrogens is 354 g/mol. The Morgan fingerprint density at radius 3 is 2.58 bits per heavy atom. The number of benzene rings is 2. The molecule has 2 aromatic rings. The Balaban J connectivity index is 1.65. The van der Waals surface area contributed by atoms with Gasteiger partial charge in [0, 0.05) is 18.2 Å². The minimum Gasteiger partial charge on any atom is -0.486 e. The first kappa shape index (κ1) is 18.3. The SMILES string of the molecule is CCc1ccccc1NC(=O)CCS(=O)(=O)c1ccc2c(c1)OCCO2. The van der Waals surface area contributed by atoms with Gasteiger partial charge in [-0.1, -0.05) is 25.1 Å². The first-order valence-corrected chi connectivity index (χ1v) is 10.1. The first-order chi connectivity index (χ1) is 12.5. The molecule has 1 amide bonds. The van der Waals surface area contributed by atoms with E-state index in [0.29, 0.717) is 24.7 Å². The topological polar surface area (TPSA) is 81.7 Å². The van der Waals surface area contributed by atoms with Crippen molar-refractivity contribution in [2.45, 2.75) is 24.7 Å². The molecule has 0 fully saturated rings. The smallest absolute Gasteiger partial charge is 0.225 e. The van der Waals surface area contributed by atoms with Crippen LogP contribution in [0.2, 0.25) is 0 Å². The summed E-state index contributed by atoms with van der Waals surface area (Å²) >= 11 is 0. The van der Waals surface area contributed by atoms with Gasteiger partial charge in [0.25, 0.3) is 0 Å².